The van der Waals surface area contributed by atoms with Crippen LogP contribution in [0.3, 0.4) is 0 Å². The second kappa shape index (κ2) is 7.94. The van der Waals surface area contributed by atoms with Crippen molar-refractivity contribution in [3.8, 4) is 5.75 Å². The van der Waals surface area contributed by atoms with Crippen molar-refractivity contribution in [2.45, 2.75) is 46.3 Å². The van der Waals surface area contributed by atoms with Crippen molar-refractivity contribution in [3.63, 3.8) is 0 Å². The molecule has 0 aliphatic carbocycles. The first-order valence-electron chi connectivity index (χ1n) is 7.53. The smallest absolute Gasteiger partial charge is 0.251 e. The molecule has 1 amide bonds. The second-order valence-corrected chi connectivity index (χ2v) is 6.40. The van der Waals surface area contributed by atoms with Crippen molar-refractivity contribution >= 4 is 17.2 Å². The highest BCUT2D eigenvalue weighted by molar-refractivity contribution is 7.09. The Hall–Kier alpha value is -1.88. The lowest BCUT2D eigenvalue weighted by Gasteiger charge is -2.13. The van der Waals surface area contributed by atoms with E-state index in [9.17, 15) is 4.79 Å². The number of nitrogens with one attached hydrogen (secondary N) is 1. The first-order chi connectivity index (χ1) is 10.6. The summed E-state index contributed by atoms with van der Waals surface area (Å²) in [7, 11) is 0. The maximum Gasteiger partial charge on any atom is 0.251 e. The minimum absolute atomic E-state index is 0.0392. The van der Waals surface area contributed by atoms with Gasteiger partial charge in [-0.15, -0.1) is 11.3 Å². The van der Waals surface area contributed by atoms with Crippen LogP contribution in [0.5, 0.6) is 5.75 Å². The molecule has 0 aliphatic rings. The zero-order valence-corrected chi connectivity index (χ0v) is 14.1. The van der Waals surface area contributed by atoms with Gasteiger partial charge in [0.2, 0.25) is 0 Å². The van der Waals surface area contributed by atoms with Gasteiger partial charge >= 0.3 is 0 Å². The summed E-state index contributed by atoms with van der Waals surface area (Å²) in [5.41, 5.74) is 1.58. The van der Waals surface area contributed by atoms with Gasteiger partial charge in [0.15, 0.2) is 0 Å². The van der Waals surface area contributed by atoms with E-state index in [1.54, 1.807) is 23.5 Å². The van der Waals surface area contributed by atoms with Gasteiger partial charge in [-0.2, -0.15) is 0 Å². The molecule has 0 aliphatic heterocycles. The number of nitrogens with zero attached hydrogens (tertiary/aromatic N) is 1. The van der Waals surface area contributed by atoms with Gasteiger partial charge in [0.1, 0.15) is 12.4 Å². The van der Waals surface area contributed by atoms with Crippen LogP contribution in [0.15, 0.2) is 29.6 Å². The molecule has 22 heavy (non-hydrogen) atoms. The first-order valence-corrected chi connectivity index (χ1v) is 8.41. The van der Waals surface area contributed by atoms with Crippen molar-refractivity contribution in [2.24, 2.45) is 0 Å². The molecule has 1 unspecified atom stereocenters. The van der Waals surface area contributed by atoms with Gasteiger partial charge in [-0.3, -0.25) is 4.79 Å². The van der Waals surface area contributed by atoms with Crippen LogP contribution in [-0.2, 0) is 6.61 Å². The summed E-state index contributed by atoms with van der Waals surface area (Å²) in [5, 5.41) is 6.02. The van der Waals surface area contributed by atoms with E-state index in [1.165, 1.54) is 0 Å². The third-order valence-corrected chi connectivity index (χ3v) is 4.09. The average molecular weight is 318 g/mol. The van der Waals surface area contributed by atoms with Crippen LogP contribution < -0.4 is 10.1 Å². The van der Waals surface area contributed by atoms with Gasteiger partial charge in [-0.1, -0.05) is 13.3 Å². The molecular weight excluding hydrogens is 296 g/mol. The molecule has 5 heteroatoms. The van der Waals surface area contributed by atoms with Crippen molar-refractivity contribution in [1.82, 2.24) is 10.3 Å². The van der Waals surface area contributed by atoms with Crippen LogP contribution in [0.2, 0.25) is 0 Å². The number of aromatic nitrogens is 1. The monoisotopic (exact) mass is 318 g/mol. The molecule has 1 N–H and O–H groups in total. The Morgan fingerprint density at radius 2 is 2.09 bits per heavy atom. The third-order valence-electron chi connectivity index (χ3n) is 3.27. The molecular formula is C17H22N2O2S. The summed E-state index contributed by atoms with van der Waals surface area (Å²) in [4.78, 5) is 16.4. The molecule has 0 radical (unpaired) electrons. The first kappa shape index (κ1) is 16.5. The standard InChI is InChI=1S/C17H22N2O2S/c1-4-5-12(2)18-17(20)14-6-8-16(9-7-14)21-10-15-11-22-13(3)19-15/h6-9,11-12H,4-5,10H2,1-3H3,(H,18,20). The zero-order valence-electron chi connectivity index (χ0n) is 13.3. The summed E-state index contributed by atoms with van der Waals surface area (Å²) in [6.45, 7) is 6.55. The number of ether oxygens (including phenoxy) is 1. The third kappa shape index (κ3) is 4.84. The molecule has 0 fully saturated rings. The molecule has 0 saturated heterocycles. The molecule has 4 nitrogen and oxygen atoms in total. The minimum Gasteiger partial charge on any atom is -0.487 e. The topological polar surface area (TPSA) is 51.2 Å². The Balaban J connectivity index is 1.88. The van der Waals surface area contributed by atoms with Gasteiger partial charge in [0.25, 0.3) is 5.91 Å². The highest BCUT2D eigenvalue weighted by Crippen LogP contribution is 2.15. The molecule has 1 aromatic carbocycles. The largest absolute Gasteiger partial charge is 0.487 e. The molecule has 2 aromatic rings. The molecule has 118 valence electrons. The minimum atomic E-state index is -0.0392. The van der Waals surface area contributed by atoms with Gasteiger partial charge in [0.05, 0.1) is 10.7 Å². The van der Waals surface area contributed by atoms with E-state index in [0.29, 0.717) is 12.2 Å². The van der Waals surface area contributed by atoms with Crippen LogP contribution in [0.4, 0.5) is 0 Å². The average Bonchev–Trinajstić information content (AvgIpc) is 2.91. The predicted octanol–water partition coefficient (Wildman–Crippen LogP) is 3.95. The van der Waals surface area contributed by atoms with Gasteiger partial charge in [0, 0.05) is 17.0 Å². The molecule has 0 spiro atoms. The molecule has 2 rings (SSSR count). The van der Waals surface area contributed by atoms with Crippen LogP contribution >= 0.6 is 11.3 Å². The fraction of sp³-hybridized carbons (Fsp3) is 0.412. The lowest BCUT2D eigenvalue weighted by atomic mass is 10.1. The van der Waals surface area contributed by atoms with Crippen LogP contribution in [0.25, 0.3) is 0 Å². The SMILES string of the molecule is CCCC(C)NC(=O)c1ccc(OCc2csc(C)n2)cc1. The van der Waals surface area contributed by atoms with E-state index in [4.69, 9.17) is 4.74 Å². The molecule has 1 aromatic heterocycles. The lowest BCUT2D eigenvalue weighted by Crippen LogP contribution is -2.32. The molecule has 0 saturated carbocycles. The summed E-state index contributed by atoms with van der Waals surface area (Å²) in [6.07, 6.45) is 2.05. The normalized spacial score (nSPS) is 12.0. The quantitative estimate of drug-likeness (QED) is 0.841. The highest BCUT2D eigenvalue weighted by atomic mass is 32.1. The predicted molar refractivity (Wildman–Crippen MR) is 89.5 cm³/mol. The number of hydrogen-bond acceptors (Lipinski definition) is 4. The Morgan fingerprint density at radius 1 is 1.36 bits per heavy atom. The Labute approximate surface area is 135 Å². The van der Waals surface area contributed by atoms with Crippen LogP contribution in [-0.4, -0.2) is 16.9 Å². The van der Waals surface area contributed by atoms with E-state index in [2.05, 4.69) is 17.2 Å². The van der Waals surface area contributed by atoms with E-state index in [1.807, 2.05) is 31.4 Å². The number of thiazole rings is 1. The van der Waals surface area contributed by atoms with E-state index in [-0.39, 0.29) is 11.9 Å². The van der Waals surface area contributed by atoms with Gasteiger partial charge in [-0.05, 0) is 44.5 Å². The molecule has 1 heterocycles. The number of amides is 1. The van der Waals surface area contributed by atoms with Gasteiger partial charge < -0.3 is 10.1 Å². The Bertz CT molecular complexity index is 607. The summed E-state index contributed by atoms with van der Waals surface area (Å²) in [6, 6.07) is 7.41. The summed E-state index contributed by atoms with van der Waals surface area (Å²) >= 11 is 1.61. The number of rotatable bonds is 7. The molecule has 0 bridgehead atoms. The van der Waals surface area contributed by atoms with Gasteiger partial charge in [-0.25, -0.2) is 4.98 Å². The number of aryl methyl sites for hydroxylation is 1. The van der Waals surface area contributed by atoms with Crippen molar-refractivity contribution in [2.75, 3.05) is 0 Å². The van der Waals surface area contributed by atoms with E-state index < -0.39 is 0 Å². The number of benzene rings is 1. The zero-order chi connectivity index (χ0) is 15.9. The molecule has 1 atom stereocenters. The maximum absolute atomic E-state index is 12.1. The van der Waals surface area contributed by atoms with E-state index >= 15 is 0 Å². The lowest BCUT2D eigenvalue weighted by molar-refractivity contribution is 0.0938. The maximum atomic E-state index is 12.1. The number of carbonyl (C=O) groups excluding carboxylic acids is 1. The van der Waals surface area contributed by atoms with Crippen LogP contribution in [0.1, 0.15) is 47.7 Å². The Morgan fingerprint density at radius 3 is 2.68 bits per heavy atom. The van der Waals surface area contributed by atoms with E-state index in [0.717, 1.165) is 29.3 Å². The fourth-order valence-corrected chi connectivity index (χ4v) is 2.74. The fourth-order valence-electron chi connectivity index (χ4n) is 2.15. The van der Waals surface area contributed by atoms with Crippen LogP contribution in [0, 0.1) is 6.92 Å². The Kier molecular flexibility index (Phi) is 5.95. The number of hydrogen-bond donors (Lipinski definition) is 1. The second-order valence-electron chi connectivity index (χ2n) is 5.33. The van der Waals surface area contributed by atoms with Crippen molar-refractivity contribution in [3.05, 3.63) is 45.9 Å². The highest BCUT2D eigenvalue weighted by Gasteiger charge is 2.09. The van der Waals surface area contributed by atoms with Crippen molar-refractivity contribution in [1.29, 1.82) is 0 Å². The van der Waals surface area contributed by atoms with Crippen molar-refractivity contribution < 1.29 is 9.53 Å². The summed E-state index contributed by atoms with van der Waals surface area (Å²) < 4.78 is 5.67. The number of carbonyl (C=O) groups is 1. The summed E-state index contributed by atoms with van der Waals surface area (Å²) in [5.74, 6) is 0.700.